The van der Waals surface area contributed by atoms with Crippen molar-refractivity contribution in [3.05, 3.63) is 68.7 Å². The smallest absolute Gasteiger partial charge is 0.324 e. The molecule has 376 valence electrons. The number of cyclic esters (lactones) is 1. The van der Waals surface area contributed by atoms with Crippen molar-refractivity contribution in [2.45, 2.75) is 111 Å². The Labute approximate surface area is 419 Å². The molecular weight excluding hydrogens is 927 g/mol. The van der Waals surface area contributed by atoms with Gasteiger partial charge in [-0.2, -0.15) is 0 Å². The summed E-state index contributed by atoms with van der Waals surface area (Å²) in [6.07, 6.45) is 2.38. The summed E-state index contributed by atoms with van der Waals surface area (Å²) in [4.78, 5) is 63.1. The number of rotatable bonds is 13. The van der Waals surface area contributed by atoms with E-state index in [2.05, 4.69) is 89.1 Å². The minimum Gasteiger partial charge on any atom is -0.464 e. The Morgan fingerprint density at radius 2 is 1.87 bits per heavy atom. The average Bonchev–Trinajstić information content (AvgIpc) is 3.78. The number of carbonyl (C=O) groups is 3. The molecule has 2 saturated heterocycles. The van der Waals surface area contributed by atoms with Gasteiger partial charge in [0, 0.05) is 103 Å². The molecular formula is C52H69N9O7S2. The number of hydrogen-bond donors (Lipinski definition) is 2. The quantitative estimate of drug-likeness (QED) is 0.112. The van der Waals surface area contributed by atoms with Crippen LogP contribution in [0.5, 0.6) is 0 Å². The maximum absolute atomic E-state index is 14.9. The predicted octanol–water partition coefficient (Wildman–Crippen LogP) is 7.40. The molecule has 0 unspecified atom stereocenters. The summed E-state index contributed by atoms with van der Waals surface area (Å²) in [5.74, 6) is -1.43. The summed E-state index contributed by atoms with van der Waals surface area (Å²) in [7, 11) is 3.88. The molecule has 1 saturated carbocycles. The number of hydrogen-bond acceptors (Lipinski definition) is 15. The van der Waals surface area contributed by atoms with Crippen LogP contribution in [-0.4, -0.2) is 132 Å². The van der Waals surface area contributed by atoms with Crippen molar-refractivity contribution in [1.82, 2.24) is 40.2 Å². The summed E-state index contributed by atoms with van der Waals surface area (Å²) in [5.41, 5.74) is 12.9. The Morgan fingerprint density at radius 3 is 2.60 bits per heavy atom. The van der Waals surface area contributed by atoms with E-state index >= 15 is 0 Å². The van der Waals surface area contributed by atoms with E-state index in [1.54, 1.807) is 12.6 Å². The van der Waals surface area contributed by atoms with Crippen LogP contribution in [0.3, 0.4) is 0 Å². The lowest BCUT2D eigenvalue weighted by atomic mass is 9.84. The summed E-state index contributed by atoms with van der Waals surface area (Å²) < 4.78 is 27.4. The van der Waals surface area contributed by atoms with Crippen LogP contribution in [0.15, 0.2) is 46.7 Å². The van der Waals surface area contributed by atoms with Gasteiger partial charge in [0.1, 0.15) is 23.2 Å². The number of nitrogens with one attached hydrogen (secondary N) is 2. The third-order valence-electron chi connectivity index (χ3n) is 14.4. The van der Waals surface area contributed by atoms with Gasteiger partial charge in [-0.1, -0.05) is 26.8 Å². The first-order chi connectivity index (χ1) is 33.7. The van der Waals surface area contributed by atoms with Gasteiger partial charge in [0.05, 0.1) is 65.6 Å². The topological polar surface area (TPSA) is 166 Å². The molecule has 16 nitrogen and oxygen atoms in total. The Hall–Kier alpha value is -4.82. The number of piperazine rings is 1. The van der Waals surface area contributed by atoms with E-state index in [0.717, 1.165) is 82.2 Å². The van der Waals surface area contributed by atoms with Gasteiger partial charge in [-0.3, -0.25) is 24.4 Å². The van der Waals surface area contributed by atoms with Crippen molar-refractivity contribution in [2.75, 3.05) is 71.6 Å². The maximum atomic E-state index is 14.9. The van der Waals surface area contributed by atoms with E-state index in [0.29, 0.717) is 44.0 Å². The monoisotopic (exact) mass is 995 g/mol. The fourth-order valence-electron chi connectivity index (χ4n) is 10.5. The van der Waals surface area contributed by atoms with Crippen LogP contribution < -0.4 is 15.6 Å². The Kier molecular flexibility index (Phi) is 15.1. The summed E-state index contributed by atoms with van der Waals surface area (Å²) in [6, 6.07) is 6.84. The number of pyridine rings is 1. The van der Waals surface area contributed by atoms with Gasteiger partial charge in [-0.25, -0.2) is 15.4 Å². The van der Waals surface area contributed by atoms with E-state index in [1.165, 1.54) is 27.7 Å². The first-order valence-electron chi connectivity index (χ1n) is 24.9. The Bertz CT molecular complexity index is 2660. The van der Waals surface area contributed by atoms with Gasteiger partial charge in [-0.05, 0) is 83.7 Å². The lowest BCUT2D eigenvalue weighted by molar-refractivity contribution is -0.156. The van der Waals surface area contributed by atoms with Crippen molar-refractivity contribution in [1.29, 1.82) is 0 Å². The van der Waals surface area contributed by atoms with Gasteiger partial charge in [0.15, 0.2) is 0 Å². The highest BCUT2D eigenvalue weighted by atomic mass is 32.1. The first-order valence-corrected chi connectivity index (χ1v) is 26.7. The van der Waals surface area contributed by atoms with Gasteiger partial charge in [0.2, 0.25) is 5.91 Å². The summed E-state index contributed by atoms with van der Waals surface area (Å²) in [6.45, 7) is 19.8. The average molecular weight is 996 g/mol. The summed E-state index contributed by atoms with van der Waals surface area (Å²) >= 11 is 2.90. The van der Waals surface area contributed by atoms with Crippen LogP contribution in [0.2, 0.25) is 0 Å². The zero-order valence-corrected chi connectivity index (χ0v) is 43.7. The van der Waals surface area contributed by atoms with E-state index in [-0.39, 0.29) is 49.1 Å². The number of benzene rings is 1. The molecule has 6 bridgehead atoms. The Morgan fingerprint density at radius 1 is 1.07 bits per heavy atom. The molecule has 7 heterocycles. The standard InChI is InChI=1S/C52H69N9O7S2/c1-10-66-47-45(56-48(62)43-31(4)42(43)40-26-69-29-54-40)50(63)61-15-11-12-38(57-61)51(64)68-28-52(6,7)24-37-35-22-33(39-27-70-49(47)55-39)13-14-41(35)60(20-21-67-30(2)3)46(37)36-23-34(25-53-44(36)32(5)65-9)59-18-16-58(8)17-19-59/h13-14,22-23,25-27,29-32,38,42-43,45,47,57H,10-12,15-21,24,28H2,1-9H3,(H,56,62)/t31-,32-,38-,42-,43+,45-,47-/m0/s1. The number of hydrazine groups is 1. The van der Waals surface area contributed by atoms with E-state index in [9.17, 15) is 14.4 Å². The number of esters is 1. The molecule has 5 aromatic rings. The van der Waals surface area contributed by atoms with Gasteiger partial charge in [0.25, 0.3) is 5.91 Å². The number of ether oxygens (including phenoxy) is 4. The highest BCUT2D eigenvalue weighted by molar-refractivity contribution is 7.10. The fraction of sp³-hybridized carbons (Fsp3) is 0.577. The number of aromatic nitrogens is 4. The fourth-order valence-corrected chi connectivity index (χ4v) is 12.0. The van der Waals surface area contributed by atoms with Crippen molar-refractivity contribution in [3.8, 4) is 22.5 Å². The molecule has 7 atom stereocenters. The highest BCUT2D eigenvalue weighted by Gasteiger charge is 2.54. The lowest BCUT2D eigenvalue weighted by Gasteiger charge is -2.37. The molecule has 4 aromatic heterocycles. The molecule has 0 spiro atoms. The van der Waals surface area contributed by atoms with E-state index in [1.807, 2.05) is 37.7 Å². The van der Waals surface area contributed by atoms with Crippen LogP contribution in [-0.2, 0) is 46.3 Å². The number of thiazole rings is 2. The number of likely N-dealkylation sites (N-methyl/N-ethyl adjacent to an activating group) is 1. The minimum atomic E-state index is -1.15. The van der Waals surface area contributed by atoms with Crippen LogP contribution in [0.4, 0.5) is 5.69 Å². The first kappa shape index (κ1) is 50.1. The van der Waals surface area contributed by atoms with E-state index < -0.39 is 35.5 Å². The molecule has 3 fully saturated rings. The number of nitrogens with zero attached hydrogens (tertiary/aromatic N) is 7. The number of methoxy groups -OCH3 is 1. The van der Waals surface area contributed by atoms with Crippen molar-refractivity contribution >= 4 is 57.0 Å². The maximum Gasteiger partial charge on any atom is 0.324 e. The van der Waals surface area contributed by atoms with Crippen LogP contribution >= 0.6 is 22.7 Å². The molecule has 0 radical (unpaired) electrons. The second-order valence-corrected chi connectivity index (χ2v) is 22.1. The molecule has 70 heavy (non-hydrogen) atoms. The third kappa shape index (κ3) is 10.4. The number of fused-ring (bicyclic) bond motifs is 6. The predicted molar refractivity (Wildman–Crippen MR) is 273 cm³/mol. The van der Waals surface area contributed by atoms with Gasteiger partial charge < -0.3 is 38.6 Å². The second-order valence-electron chi connectivity index (χ2n) is 20.4. The SMILES string of the molecule is CCO[C@@H]1c2nc(cs2)-c2ccc3c(c2)c(c(-c2cc(N4CCN(C)CC4)cnc2[C@H](C)OC)n3CCOC(C)C)CC(C)(C)COC(=O)[C@@H]2CCCN(N2)C(=O)[C@H]1NC(=O)[C@@H]1[C@@H](C)[C@H]1c1cscn1. The normalized spacial score (nSPS) is 24.7. The van der Waals surface area contributed by atoms with Crippen LogP contribution in [0, 0.1) is 17.3 Å². The van der Waals surface area contributed by atoms with Crippen LogP contribution in [0.25, 0.3) is 33.4 Å². The number of amides is 2. The minimum absolute atomic E-state index is 0.0401. The molecule has 18 heteroatoms. The van der Waals surface area contributed by atoms with Crippen LogP contribution in [0.1, 0.15) is 101 Å². The Balaban J connectivity index is 1.20. The highest BCUT2D eigenvalue weighted by Crippen LogP contribution is 2.54. The largest absolute Gasteiger partial charge is 0.464 e. The zero-order chi connectivity index (χ0) is 49.4. The molecule has 3 aliphatic heterocycles. The lowest BCUT2D eigenvalue weighted by Crippen LogP contribution is -2.61. The van der Waals surface area contributed by atoms with Crippen molar-refractivity contribution in [2.24, 2.45) is 17.3 Å². The summed E-state index contributed by atoms with van der Waals surface area (Å²) in [5, 5.41) is 10.2. The molecule has 1 aliphatic carbocycles. The van der Waals surface area contributed by atoms with E-state index in [4.69, 9.17) is 28.9 Å². The molecule has 2 N–H and O–H groups in total. The molecule has 4 aliphatic rings. The zero-order valence-electron chi connectivity index (χ0n) is 42.0. The molecule has 9 rings (SSSR count). The number of carbonyl (C=O) groups excluding carboxylic acids is 3. The number of anilines is 1. The van der Waals surface area contributed by atoms with Gasteiger partial charge in [-0.15, -0.1) is 22.7 Å². The molecule has 2 amide bonds. The van der Waals surface area contributed by atoms with Crippen molar-refractivity contribution in [3.63, 3.8) is 0 Å². The second kappa shape index (κ2) is 21.1. The molecule has 1 aromatic carbocycles. The third-order valence-corrected chi connectivity index (χ3v) is 16.0. The van der Waals surface area contributed by atoms with Gasteiger partial charge >= 0.3 is 5.97 Å². The van der Waals surface area contributed by atoms with Crippen molar-refractivity contribution < 1.29 is 33.3 Å².